The van der Waals surface area contributed by atoms with Gasteiger partial charge in [0.15, 0.2) is 22.6 Å². The molecule has 2 heterocycles. The van der Waals surface area contributed by atoms with E-state index in [0.717, 1.165) is 16.2 Å². The molecule has 0 saturated carbocycles. The molecule has 0 radical (unpaired) electrons. The van der Waals surface area contributed by atoms with Crippen LogP contribution in [0.15, 0.2) is 66.3 Å². The number of imidazole rings is 1. The van der Waals surface area contributed by atoms with Crippen molar-refractivity contribution in [3.63, 3.8) is 0 Å². The topological polar surface area (TPSA) is 55.6 Å². The van der Waals surface area contributed by atoms with E-state index in [-0.39, 0.29) is 11.7 Å². The molecule has 5 nitrogen and oxygen atoms in total. The predicted molar refractivity (Wildman–Crippen MR) is 104 cm³/mol. The summed E-state index contributed by atoms with van der Waals surface area (Å²) in [6.45, 7) is 1.58. The van der Waals surface area contributed by atoms with Crippen molar-refractivity contribution < 1.29 is 13.9 Å². The van der Waals surface area contributed by atoms with Gasteiger partial charge in [0.25, 0.3) is 5.91 Å². The van der Waals surface area contributed by atoms with E-state index in [2.05, 4.69) is 10.3 Å². The lowest BCUT2D eigenvalue weighted by atomic mass is 10.1. The standard InChI is InChI=1S/C20H16FN3O2S/c1-13(26-18-8-3-2-7-16(18)21)19(25)22-15-6-4-5-14(11-15)17-12-24-9-10-27-20(24)23-17/h2-13H,1H3,(H,22,25). The lowest BCUT2D eigenvalue weighted by molar-refractivity contribution is -0.122. The van der Waals surface area contributed by atoms with Gasteiger partial charge in [0.2, 0.25) is 0 Å². The molecular formula is C20H16FN3O2S. The van der Waals surface area contributed by atoms with E-state index in [1.807, 2.05) is 40.4 Å². The van der Waals surface area contributed by atoms with Gasteiger partial charge in [0.1, 0.15) is 0 Å². The first-order chi connectivity index (χ1) is 13.1. The smallest absolute Gasteiger partial charge is 0.265 e. The largest absolute Gasteiger partial charge is 0.478 e. The molecule has 1 atom stereocenters. The number of fused-ring (bicyclic) bond motifs is 1. The number of benzene rings is 2. The van der Waals surface area contributed by atoms with Crippen LogP contribution in [-0.4, -0.2) is 21.4 Å². The third-order valence-corrected chi connectivity index (χ3v) is 4.80. The number of carbonyl (C=O) groups is 1. The Morgan fingerprint density at radius 1 is 1.26 bits per heavy atom. The Morgan fingerprint density at radius 3 is 2.93 bits per heavy atom. The van der Waals surface area contributed by atoms with Crippen molar-refractivity contribution in [2.45, 2.75) is 13.0 Å². The number of anilines is 1. The van der Waals surface area contributed by atoms with E-state index in [9.17, 15) is 9.18 Å². The average Bonchev–Trinajstić information content (AvgIpc) is 3.26. The Bertz CT molecular complexity index is 1080. The van der Waals surface area contributed by atoms with E-state index in [1.165, 1.54) is 12.1 Å². The number of carbonyl (C=O) groups excluding carboxylic acids is 1. The highest BCUT2D eigenvalue weighted by atomic mass is 32.1. The van der Waals surface area contributed by atoms with Crippen molar-refractivity contribution in [1.82, 2.24) is 9.38 Å². The first-order valence-electron chi connectivity index (χ1n) is 8.35. The first-order valence-corrected chi connectivity index (χ1v) is 9.23. The van der Waals surface area contributed by atoms with Crippen LogP contribution in [-0.2, 0) is 4.79 Å². The first kappa shape index (κ1) is 17.2. The molecule has 1 unspecified atom stereocenters. The van der Waals surface area contributed by atoms with Crippen molar-refractivity contribution in [3.05, 3.63) is 72.1 Å². The van der Waals surface area contributed by atoms with Crippen molar-refractivity contribution >= 4 is 27.9 Å². The summed E-state index contributed by atoms with van der Waals surface area (Å²) in [5, 5.41) is 4.77. The van der Waals surface area contributed by atoms with Gasteiger partial charge in [-0.05, 0) is 31.2 Å². The van der Waals surface area contributed by atoms with Gasteiger partial charge in [-0.25, -0.2) is 9.37 Å². The highest BCUT2D eigenvalue weighted by molar-refractivity contribution is 7.15. The number of ether oxygens (including phenoxy) is 1. The summed E-state index contributed by atoms with van der Waals surface area (Å²) >= 11 is 1.56. The Labute approximate surface area is 159 Å². The van der Waals surface area contributed by atoms with Gasteiger partial charge in [-0.1, -0.05) is 24.3 Å². The van der Waals surface area contributed by atoms with E-state index < -0.39 is 11.9 Å². The minimum absolute atomic E-state index is 0.0481. The fraction of sp³-hybridized carbons (Fsp3) is 0.100. The van der Waals surface area contributed by atoms with E-state index in [4.69, 9.17) is 4.74 Å². The van der Waals surface area contributed by atoms with Crippen molar-refractivity contribution in [2.24, 2.45) is 0 Å². The maximum Gasteiger partial charge on any atom is 0.265 e. The summed E-state index contributed by atoms with van der Waals surface area (Å²) in [6, 6.07) is 13.4. The summed E-state index contributed by atoms with van der Waals surface area (Å²) in [6.07, 6.45) is 3.05. The molecule has 4 aromatic rings. The number of rotatable bonds is 5. The van der Waals surface area contributed by atoms with Crippen molar-refractivity contribution in [1.29, 1.82) is 0 Å². The Kier molecular flexibility index (Phi) is 4.60. The Morgan fingerprint density at radius 2 is 2.11 bits per heavy atom. The molecule has 2 aromatic carbocycles. The molecule has 1 amide bonds. The Hall–Kier alpha value is -3.19. The molecule has 27 heavy (non-hydrogen) atoms. The highest BCUT2D eigenvalue weighted by Crippen LogP contribution is 2.24. The number of amides is 1. The molecule has 1 N–H and O–H groups in total. The van der Waals surface area contributed by atoms with Gasteiger partial charge in [-0.2, -0.15) is 0 Å². The van der Waals surface area contributed by atoms with Gasteiger partial charge >= 0.3 is 0 Å². The molecular weight excluding hydrogens is 365 g/mol. The zero-order valence-electron chi connectivity index (χ0n) is 14.4. The number of thiazole rings is 1. The number of hydrogen-bond donors (Lipinski definition) is 1. The van der Waals surface area contributed by atoms with E-state index >= 15 is 0 Å². The quantitative estimate of drug-likeness (QED) is 0.549. The molecule has 0 aliphatic heterocycles. The number of para-hydroxylation sites is 1. The molecule has 0 bridgehead atoms. The van der Waals surface area contributed by atoms with Gasteiger partial charge in [0.05, 0.1) is 5.69 Å². The molecule has 2 aromatic heterocycles. The Balaban J connectivity index is 1.48. The van der Waals surface area contributed by atoms with E-state index in [1.54, 1.807) is 36.5 Å². The maximum absolute atomic E-state index is 13.7. The highest BCUT2D eigenvalue weighted by Gasteiger charge is 2.17. The molecule has 136 valence electrons. The van der Waals surface area contributed by atoms with Crippen LogP contribution in [0.4, 0.5) is 10.1 Å². The second-order valence-electron chi connectivity index (χ2n) is 5.98. The zero-order valence-corrected chi connectivity index (χ0v) is 15.2. The molecule has 0 spiro atoms. The summed E-state index contributed by atoms with van der Waals surface area (Å²) in [4.78, 5) is 17.9. The van der Waals surface area contributed by atoms with Crippen molar-refractivity contribution in [2.75, 3.05) is 5.32 Å². The van der Waals surface area contributed by atoms with Crippen molar-refractivity contribution in [3.8, 4) is 17.0 Å². The third kappa shape index (κ3) is 3.68. The summed E-state index contributed by atoms with van der Waals surface area (Å²) < 4.78 is 21.1. The van der Waals surface area contributed by atoms with Crippen LogP contribution >= 0.6 is 11.3 Å². The monoisotopic (exact) mass is 381 g/mol. The summed E-state index contributed by atoms with van der Waals surface area (Å²) in [5.74, 6) is -0.813. The summed E-state index contributed by atoms with van der Waals surface area (Å²) in [5.41, 5.74) is 2.35. The number of nitrogens with one attached hydrogen (secondary N) is 1. The third-order valence-electron chi connectivity index (χ3n) is 4.03. The number of nitrogens with zero attached hydrogens (tertiary/aromatic N) is 2. The molecule has 4 rings (SSSR count). The van der Waals surface area contributed by atoms with Crippen LogP contribution in [0, 0.1) is 5.82 Å². The lowest BCUT2D eigenvalue weighted by Gasteiger charge is -2.15. The number of hydrogen-bond acceptors (Lipinski definition) is 4. The molecule has 0 aliphatic carbocycles. The zero-order chi connectivity index (χ0) is 18.8. The SMILES string of the molecule is CC(Oc1ccccc1F)C(=O)Nc1cccc(-c2cn3ccsc3n2)c1. The molecule has 7 heteroatoms. The van der Waals surface area contributed by atoms with E-state index in [0.29, 0.717) is 5.69 Å². The fourth-order valence-corrected chi connectivity index (χ4v) is 3.35. The second kappa shape index (κ2) is 7.20. The minimum atomic E-state index is -0.844. The lowest BCUT2D eigenvalue weighted by Crippen LogP contribution is -2.30. The van der Waals surface area contributed by atoms with Crippen LogP contribution in [0.2, 0.25) is 0 Å². The van der Waals surface area contributed by atoms with Crippen LogP contribution < -0.4 is 10.1 Å². The molecule has 0 fully saturated rings. The minimum Gasteiger partial charge on any atom is -0.478 e. The maximum atomic E-state index is 13.7. The van der Waals surface area contributed by atoms with Gasteiger partial charge in [-0.3, -0.25) is 9.20 Å². The van der Waals surface area contributed by atoms with Crippen LogP contribution in [0.3, 0.4) is 0 Å². The molecule has 0 aliphatic rings. The average molecular weight is 381 g/mol. The van der Waals surface area contributed by atoms with Crippen LogP contribution in [0.5, 0.6) is 5.75 Å². The normalized spacial score (nSPS) is 12.1. The van der Waals surface area contributed by atoms with Gasteiger partial charge in [-0.15, -0.1) is 11.3 Å². The van der Waals surface area contributed by atoms with Gasteiger partial charge < -0.3 is 10.1 Å². The van der Waals surface area contributed by atoms with Crippen LogP contribution in [0.1, 0.15) is 6.92 Å². The fourth-order valence-electron chi connectivity index (χ4n) is 2.65. The van der Waals surface area contributed by atoms with Gasteiger partial charge in [0, 0.05) is 29.0 Å². The number of aromatic nitrogens is 2. The van der Waals surface area contributed by atoms with Crippen LogP contribution in [0.25, 0.3) is 16.2 Å². The second-order valence-corrected chi connectivity index (χ2v) is 6.85. The number of halogens is 1. The predicted octanol–water partition coefficient (Wildman–Crippen LogP) is 4.61. The summed E-state index contributed by atoms with van der Waals surface area (Å²) in [7, 11) is 0. The molecule has 0 saturated heterocycles.